The van der Waals surface area contributed by atoms with E-state index in [1.54, 1.807) is 0 Å². The van der Waals surface area contributed by atoms with Gasteiger partial charge in [0.2, 0.25) is 0 Å². The van der Waals surface area contributed by atoms with E-state index < -0.39 is 0 Å². The van der Waals surface area contributed by atoms with Crippen LogP contribution in [0.1, 0.15) is 18.4 Å². The highest BCUT2D eigenvalue weighted by Crippen LogP contribution is 2.18. The second kappa shape index (κ2) is 7.54. The van der Waals surface area contributed by atoms with E-state index in [0.29, 0.717) is 13.2 Å². The Morgan fingerprint density at radius 1 is 1.12 bits per heavy atom. The van der Waals surface area contributed by atoms with Crippen LogP contribution in [0, 0.1) is 0 Å². The normalized spacial score (nSPS) is 16.5. The first-order valence-corrected chi connectivity index (χ1v) is 8.89. The van der Waals surface area contributed by atoms with Gasteiger partial charge in [0.15, 0.2) is 0 Å². The summed E-state index contributed by atoms with van der Waals surface area (Å²) in [6.07, 6.45) is 1.42. The molecule has 1 fully saturated rings. The van der Waals surface area contributed by atoms with Crippen LogP contribution in [0.5, 0.6) is 0 Å². The maximum Gasteiger partial charge on any atom is 0.253 e. The number of anilines is 2. The molecule has 1 atom stereocenters. The fourth-order valence-electron chi connectivity index (χ4n) is 3.12. The molecule has 4 rings (SSSR count). The molecule has 1 amide bonds. The van der Waals surface area contributed by atoms with Crippen molar-refractivity contribution in [1.29, 1.82) is 0 Å². The fraction of sp³-hybridized carbons (Fsp3) is 0.238. The zero-order valence-corrected chi connectivity index (χ0v) is 14.4. The number of hydrogen-bond donors (Lipinski definition) is 2. The molecule has 0 aliphatic carbocycles. The molecular formula is C21H21N3O2. The van der Waals surface area contributed by atoms with Crippen LogP contribution in [-0.2, 0) is 16.1 Å². The van der Waals surface area contributed by atoms with E-state index in [1.165, 1.54) is 0 Å². The van der Waals surface area contributed by atoms with Crippen molar-refractivity contribution >= 4 is 28.3 Å². The quantitative estimate of drug-likeness (QED) is 0.733. The molecule has 1 unspecified atom stereocenters. The second-order valence-corrected chi connectivity index (χ2v) is 6.43. The van der Waals surface area contributed by atoms with Gasteiger partial charge in [-0.3, -0.25) is 4.79 Å². The summed E-state index contributed by atoms with van der Waals surface area (Å²) in [4.78, 5) is 16.8. The molecule has 2 heterocycles. The molecule has 1 saturated heterocycles. The van der Waals surface area contributed by atoms with Gasteiger partial charge in [0, 0.05) is 24.2 Å². The fourth-order valence-corrected chi connectivity index (χ4v) is 3.12. The standard InChI is InChI=1S/C21H21N3O2/c25-21(19-9-4-12-26-19)23-17-7-3-5-15(13-17)14-22-20-11-10-16-6-1-2-8-18(16)24-20/h1-3,5-8,10-11,13,19H,4,9,12,14H2,(H,22,24)(H,23,25). The van der Waals surface area contributed by atoms with Gasteiger partial charge in [-0.15, -0.1) is 0 Å². The van der Waals surface area contributed by atoms with Gasteiger partial charge in [-0.25, -0.2) is 4.98 Å². The number of rotatable bonds is 5. The molecule has 1 aromatic heterocycles. The van der Waals surface area contributed by atoms with Gasteiger partial charge in [0.25, 0.3) is 5.91 Å². The Kier molecular flexibility index (Phi) is 4.80. The van der Waals surface area contributed by atoms with Crippen LogP contribution in [-0.4, -0.2) is 23.6 Å². The van der Waals surface area contributed by atoms with E-state index in [-0.39, 0.29) is 12.0 Å². The molecule has 5 nitrogen and oxygen atoms in total. The predicted octanol–water partition coefficient (Wildman–Crippen LogP) is 3.96. The topological polar surface area (TPSA) is 63.2 Å². The summed E-state index contributed by atoms with van der Waals surface area (Å²) >= 11 is 0. The van der Waals surface area contributed by atoms with Crippen molar-refractivity contribution in [3.05, 3.63) is 66.2 Å². The summed E-state index contributed by atoms with van der Waals surface area (Å²) in [7, 11) is 0. The Morgan fingerprint density at radius 3 is 2.92 bits per heavy atom. The molecule has 0 radical (unpaired) electrons. The first-order chi connectivity index (χ1) is 12.8. The number of hydrogen-bond acceptors (Lipinski definition) is 4. The maximum absolute atomic E-state index is 12.2. The largest absolute Gasteiger partial charge is 0.368 e. The second-order valence-electron chi connectivity index (χ2n) is 6.43. The van der Waals surface area contributed by atoms with Gasteiger partial charge >= 0.3 is 0 Å². The van der Waals surface area contributed by atoms with Gasteiger partial charge in [-0.1, -0.05) is 30.3 Å². The molecule has 1 aliphatic heterocycles. The van der Waals surface area contributed by atoms with E-state index in [0.717, 1.165) is 40.8 Å². The Morgan fingerprint density at radius 2 is 2.04 bits per heavy atom. The van der Waals surface area contributed by atoms with Gasteiger partial charge < -0.3 is 15.4 Å². The van der Waals surface area contributed by atoms with Crippen LogP contribution in [0.2, 0.25) is 0 Å². The zero-order chi connectivity index (χ0) is 17.8. The minimum absolute atomic E-state index is 0.0659. The number of pyridine rings is 1. The molecule has 3 aromatic rings. The van der Waals surface area contributed by atoms with Gasteiger partial charge in [0.1, 0.15) is 11.9 Å². The van der Waals surface area contributed by atoms with Crippen molar-refractivity contribution in [2.24, 2.45) is 0 Å². The van der Waals surface area contributed by atoms with Crippen LogP contribution in [0.4, 0.5) is 11.5 Å². The summed E-state index contributed by atoms with van der Waals surface area (Å²) in [5, 5.41) is 7.40. The van der Waals surface area contributed by atoms with Crippen molar-refractivity contribution in [3.63, 3.8) is 0 Å². The van der Waals surface area contributed by atoms with Crippen molar-refractivity contribution < 1.29 is 9.53 Å². The lowest BCUT2D eigenvalue weighted by Crippen LogP contribution is -2.26. The summed E-state index contributed by atoms with van der Waals surface area (Å²) < 4.78 is 5.42. The van der Waals surface area contributed by atoms with Crippen molar-refractivity contribution in [2.75, 3.05) is 17.2 Å². The smallest absolute Gasteiger partial charge is 0.253 e. The molecule has 1 aliphatic rings. The molecule has 2 aromatic carbocycles. The van der Waals surface area contributed by atoms with Gasteiger partial charge in [-0.05, 0) is 48.7 Å². The Balaban J connectivity index is 1.40. The number of amides is 1. The number of carbonyl (C=O) groups excluding carboxylic acids is 1. The number of carbonyl (C=O) groups is 1. The minimum Gasteiger partial charge on any atom is -0.368 e. The number of ether oxygens (including phenoxy) is 1. The number of aromatic nitrogens is 1. The summed E-state index contributed by atoms with van der Waals surface area (Å²) in [5.41, 5.74) is 2.83. The van der Waals surface area contributed by atoms with Gasteiger partial charge in [-0.2, -0.15) is 0 Å². The molecule has 132 valence electrons. The van der Waals surface area contributed by atoms with Gasteiger partial charge in [0.05, 0.1) is 5.52 Å². The number of benzene rings is 2. The molecule has 2 N–H and O–H groups in total. The molecule has 0 bridgehead atoms. The first kappa shape index (κ1) is 16.5. The lowest BCUT2D eigenvalue weighted by Gasteiger charge is -2.12. The molecule has 0 spiro atoms. The van der Waals surface area contributed by atoms with E-state index in [9.17, 15) is 4.79 Å². The van der Waals surface area contributed by atoms with Crippen molar-refractivity contribution in [3.8, 4) is 0 Å². The Hall–Kier alpha value is -2.92. The van der Waals surface area contributed by atoms with E-state index in [1.807, 2.05) is 54.6 Å². The molecule has 26 heavy (non-hydrogen) atoms. The maximum atomic E-state index is 12.2. The summed E-state index contributed by atoms with van der Waals surface area (Å²) in [6.45, 7) is 1.30. The average Bonchev–Trinajstić information content (AvgIpc) is 3.21. The molecule has 5 heteroatoms. The zero-order valence-electron chi connectivity index (χ0n) is 14.4. The Bertz CT molecular complexity index is 920. The molecule has 0 saturated carbocycles. The third-order valence-corrected chi connectivity index (χ3v) is 4.49. The number of nitrogens with zero attached hydrogens (tertiary/aromatic N) is 1. The highest BCUT2D eigenvalue weighted by molar-refractivity contribution is 5.94. The average molecular weight is 347 g/mol. The lowest BCUT2D eigenvalue weighted by atomic mass is 10.1. The number of para-hydroxylation sites is 1. The monoisotopic (exact) mass is 347 g/mol. The number of fused-ring (bicyclic) bond motifs is 1. The van der Waals surface area contributed by atoms with Crippen LogP contribution >= 0.6 is 0 Å². The predicted molar refractivity (Wildman–Crippen MR) is 103 cm³/mol. The van der Waals surface area contributed by atoms with Crippen molar-refractivity contribution in [2.45, 2.75) is 25.5 Å². The van der Waals surface area contributed by atoms with E-state index in [2.05, 4.69) is 21.7 Å². The highest BCUT2D eigenvalue weighted by atomic mass is 16.5. The third kappa shape index (κ3) is 3.83. The van der Waals surface area contributed by atoms with Crippen LogP contribution < -0.4 is 10.6 Å². The molecular weight excluding hydrogens is 326 g/mol. The summed E-state index contributed by atoms with van der Waals surface area (Å²) in [5.74, 6) is 0.765. The number of nitrogens with one attached hydrogen (secondary N) is 2. The van der Waals surface area contributed by atoms with E-state index in [4.69, 9.17) is 4.74 Å². The Labute approximate surface area is 152 Å². The lowest BCUT2D eigenvalue weighted by molar-refractivity contribution is -0.124. The van der Waals surface area contributed by atoms with Crippen LogP contribution in [0.3, 0.4) is 0 Å². The first-order valence-electron chi connectivity index (χ1n) is 8.89. The minimum atomic E-state index is -0.321. The van der Waals surface area contributed by atoms with Crippen LogP contribution in [0.25, 0.3) is 10.9 Å². The third-order valence-electron chi connectivity index (χ3n) is 4.49. The van der Waals surface area contributed by atoms with Crippen LogP contribution in [0.15, 0.2) is 60.7 Å². The highest BCUT2D eigenvalue weighted by Gasteiger charge is 2.23. The SMILES string of the molecule is O=C(Nc1cccc(CNc2ccc3ccccc3n2)c1)C1CCCO1. The van der Waals surface area contributed by atoms with E-state index >= 15 is 0 Å². The van der Waals surface area contributed by atoms with Crippen molar-refractivity contribution in [1.82, 2.24) is 4.98 Å². The summed E-state index contributed by atoms with van der Waals surface area (Å²) in [6, 6.07) is 19.9.